The lowest BCUT2D eigenvalue weighted by Gasteiger charge is -2.19. The van der Waals surface area contributed by atoms with E-state index in [0.29, 0.717) is 31.4 Å². The largest absolute Gasteiger partial charge is 0.481 e. The van der Waals surface area contributed by atoms with Crippen molar-refractivity contribution in [3.63, 3.8) is 0 Å². The van der Waals surface area contributed by atoms with Gasteiger partial charge in [-0.15, -0.1) is 0 Å². The van der Waals surface area contributed by atoms with Gasteiger partial charge in [0.05, 0.1) is 0 Å². The molecule has 2 aromatic rings. The Labute approximate surface area is 170 Å². The number of urea groups is 1. The van der Waals surface area contributed by atoms with Crippen molar-refractivity contribution in [2.45, 2.75) is 31.7 Å². The molecule has 4 N–H and O–H groups in total. The predicted octanol–water partition coefficient (Wildman–Crippen LogP) is 2.36. The highest BCUT2D eigenvalue weighted by atomic mass is 16.4. The minimum atomic E-state index is -0.888. The number of carboxylic acids is 1. The summed E-state index contributed by atoms with van der Waals surface area (Å²) in [4.78, 5) is 34.9. The molecule has 7 heteroatoms. The molecule has 1 unspecified atom stereocenters. The van der Waals surface area contributed by atoms with E-state index in [1.54, 1.807) is 19.2 Å². The summed E-state index contributed by atoms with van der Waals surface area (Å²) >= 11 is 0. The number of aliphatic carboxylic acids is 1. The average molecular weight is 397 g/mol. The first-order valence-electron chi connectivity index (χ1n) is 9.59. The summed E-state index contributed by atoms with van der Waals surface area (Å²) in [6.45, 7) is 0.403. The minimum absolute atomic E-state index is 0.00986. The van der Waals surface area contributed by atoms with Crippen molar-refractivity contribution in [2.24, 2.45) is 0 Å². The van der Waals surface area contributed by atoms with E-state index in [9.17, 15) is 14.4 Å². The Morgan fingerprint density at radius 1 is 1.00 bits per heavy atom. The zero-order chi connectivity index (χ0) is 21.1. The van der Waals surface area contributed by atoms with Crippen molar-refractivity contribution in [3.05, 3.63) is 71.3 Å². The van der Waals surface area contributed by atoms with Crippen LogP contribution in [-0.4, -0.2) is 42.6 Å². The van der Waals surface area contributed by atoms with Gasteiger partial charge in [-0.2, -0.15) is 0 Å². The molecule has 0 aromatic heterocycles. The van der Waals surface area contributed by atoms with E-state index in [4.69, 9.17) is 5.11 Å². The zero-order valence-electron chi connectivity index (χ0n) is 16.5. The average Bonchev–Trinajstić information content (AvgIpc) is 2.72. The molecule has 0 radical (unpaired) electrons. The van der Waals surface area contributed by atoms with Crippen LogP contribution in [0.2, 0.25) is 0 Å². The summed E-state index contributed by atoms with van der Waals surface area (Å²) in [5.41, 5.74) is 2.55. The minimum Gasteiger partial charge on any atom is -0.481 e. The molecule has 0 saturated heterocycles. The summed E-state index contributed by atoms with van der Waals surface area (Å²) in [6.07, 6.45) is 1.49. The SMILES string of the molecule is CNC(=O)c1cccc(CCNC(=O)NC(CCC(=O)O)Cc2ccccc2)c1. The Hall–Kier alpha value is -3.35. The van der Waals surface area contributed by atoms with Crippen molar-refractivity contribution < 1.29 is 19.5 Å². The number of carbonyl (C=O) groups is 3. The van der Waals surface area contributed by atoms with Crippen LogP contribution >= 0.6 is 0 Å². The molecule has 0 bridgehead atoms. The molecule has 2 rings (SSSR count). The monoisotopic (exact) mass is 397 g/mol. The summed E-state index contributed by atoms with van der Waals surface area (Å²) < 4.78 is 0. The van der Waals surface area contributed by atoms with Crippen LogP contribution < -0.4 is 16.0 Å². The van der Waals surface area contributed by atoms with Gasteiger partial charge in [0, 0.05) is 31.6 Å². The number of carbonyl (C=O) groups excluding carboxylic acids is 2. The molecule has 0 aliphatic heterocycles. The molecule has 0 fully saturated rings. The summed E-state index contributed by atoms with van der Waals surface area (Å²) in [6, 6.07) is 16.3. The Bertz CT molecular complexity index is 824. The smallest absolute Gasteiger partial charge is 0.315 e. The van der Waals surface area contributed by atoms with Crippen LogP contribution in [0.5, 0.6) is 0 Å². The molecular formula is C22H27N3O4. The van der Waals surface area contributed by atoms with Crippen LogP contribution in [-0.2, 0) is 17.6 Å². The number of hydrogen-bond donors (Lipinski definition) is 4. The van der Waals surface area contributed by atoms with Crippen molar-refractivity contribution in [3.8, 4) is 0 Å². The van der Waals surface area contributed by atoms with Gasteiger partial charge in [-0.1, -0.05) is 42.5 Å². The molecule has 0 heterocycles. The summed E-state index contributed by atoms with van der Waals surface area (Å²) in [5, 5.41) is 17.2. The van der Waals surface area contributed by atoms with Crippen LogP contribution in [0.15, 0.2) is 54.6 Å². The topological polar surface area (TPSA) is 108 Å². The highest BCUT2D eigenvalue weighted by Gasteiger charge is 2.14. The number of nitrogens with one attached hydrogen (secondary N) is 3. The second kappa shape index (κ2) is 11.5. The predicted molar refractivity (Wildman–Crippen MR) is 111 cm³/mol. The Kier molecular flexibility index (Phi) is 8.69. The quantitative estimate of drug-likeness (QED) is 0.494. The molecule has 1 atom stereocenters. The van der Waals surface area contributed by atoms with Crippen LogP contribution in [0.1, 0.15) is 34.3 Å². The molecule has 0 spiro atoms. The maximum absolute atomic E-state index is 12.3. The normalized spacial score (nSPS) is 11.3. The van der Waals surface area contributed by atoms with Crippen LogP contribution in [0, 0.1) is 0 Å². The van der Waals surface area contributed by atoms with Gasteiger partial charge in [-0.25, -0.2) is 4.79 Å². The fraction of sp³-hybridized carbons (Fsp3) is 0.318. The highest BCUT2D eigenvalue weighted by molar-refractivity contribution is 5.94. The van der Waals surface area contributed by atoms with Crippen LogP contribution in [0.25, 0.3) is 0 Å². The van der Waals surface area contributed by atoms with Gasteiger partial charge >= 0.3 is 12.0 Å². The van der Waals surface area contributed by atoms with E-state index in [2.05, 4.69) is 16.0 Å². The van der Waals surface area contributed by atoms with Gasteiger partial charge in [0.15, 0.2) is 0 Å². The molecule has 0 saturated carbocycles. The lowest BCUT2D eigenvalue weighted by atomic mass is 10.0. The summed E-state index contributed by atoms with van der Waals surface area (Å²) in [7, 11) is 1.58. The molecule has 154 valence electrons. The second-order valence-corrected chi connectivity index (χ2v) is 6.75. The molecule has 2 aromatic carbocycles. The Balaban J connectivity index is 1.85. The lowest BCUT2D eigenvalue weighted by Crippen LogP contribution is -2.44. The fourth-order valence-electron chi connectivity index (χ4n) is 2.99. The van der Waals surface area contributed by atoms with E-state index < -0.39 is 5.97 Å². The standard InChI is InChI=1S/C22H27N3O4/c1-23-21(28)18-9-5-8-17(14-18)12-13-24-22(29)25-19(10-11-20(26)27)15-16-6-3-2-4-7-16/h2-9,14,19H,10-13,15H2,1H3,(H,23,28)(H,26,27)(H2,24,25,29). The number of carboxylic acid groups (broad SMARTS) is 1. The maximum atomic E-state index is 12.3. The third kappa shape index (κ3) is 8.04. The first kappa shape index (κ1) is 21.9. The number of hydrogen-bond acceptors (Lipinski definition) is 3. The first-order valence-corrected chi connectivity index (χ1v) is 9.59. The van der Waals surface area contributed by atoms with E-state index in [1.807, 2.05) is 42.5 Å². The number of amides is 3. The molecule has 0 aliphatic carbocycles. The van der Waals surface area contributed by atoms with Gasteiger partial charge in [0.25, 0.3) is 5.91 Å². The summed E-state index contributed by atoms with van der Waals surface area (Å²) in [5.74, 6) is -1.04. The molecule has 7 nitrogen and oxygen atoms in total. The van der Waals surface area contributed by atoms with Crippen molar-refractivity contribution in [1.29, 1.82) is 0 Å². The van der Waals surface area contributed by atoms with Crippen LogP contribution in [0.3, 0.4) is 0 Å². The fourth-order valence-corrected chi connectivity index (χ4v) is 2.99. The van der Waals surface area contributed by atoms with Crippen LogP contribution in [0.4, 0.5) is 4.79 Å². The van der Waals surface area contributed by atoms with Gasteiger partial charge in [0.1, 0.15) is 0 Å². The molecule has 3 amide bonds. The second-order valence-electron chi connectivity index (χ2n) is 6.75. The van der Waals surface area contributed by atoms with Gasteiger partial charge in [-0.05, 0) is 42.5 Å². The van der Waals surface area contributed by atoms with Gasteiger partial charge < -0.3 is 21.1 Å². The third-order valence-electron chi connectivity index (χ3n) is 4.48. The van der Waals surface area contributed by atoms with E-state index in [1.165, 1.54) is 0 Å². The number of benzene rings is 2. The molecule has 29 heavy (non-hydrogen) atoms. The van der Waals surface area contributed by atoms with E-state index >= 15 is 0 Å². The van der Waals surface area contributed by atoms with Crippen molar-refractivity contribution >= 4 is 17.9 Å². The lowest BCUT2D eigenvalue weighted by molar-refractivity contribution is -0.137. The van der Waals surface area contributed by atoms with E-state index in [-0.39, 0.29) is 24.4 Å². The zero-order valence-corrected chi connectivity index (χ0v) is 16.5. The van der Waals surface area contributed by atoms with Crippen molar-refractivity contribution in [1.82, 2.24) is 16.0 Å². The molecular weight excluding hydrogens is 370 g/mol. The Morgan fingerprint density at radius 3 is 2.41 bits per heavy atom. The van der Waals surface area contributed by atoms with E-state index in [0.717, 1.165) is 11.1 Å². The van der Waals surface area contributed by atoms with Crippen molar-refractivity contribution in [2.75, 3.05) is 13.6 Å². The number of rotatable bonds is 10. The van der Waals surface area contributed by atoms with Gasteiger partial charge in [0.2, 0.25) is 0 Å². The van der Waals surface area contributed by atoms with Gasteiger partial charge in [-0.3, -0.25) is 9.59 Å². The third-order valence-corrected chi connectivity index (χ3v) is 4.48. The Morgan fingerprint density at radius 2 is 1.72 bits per heavy atom. The first-order chi connectivity index (χ1) is 14.0. The maximum Gasteiger partial charge on any atom is 0.315 e. The highest BCUT2D eigenvalue weighted by Crippen LogP contribution is 2.08. The molecule has 0 aliphatic rings.